The highest BCUT2D eigenvalue weighted by molar-refractivity contribution is 6.16. The number of halogens is 1. The minimum Gasteiger partial charge on any atom is -0.287 e. The molecule has 1 N–H and O–H groups in total. The van der Waals surface area contributed by atoms with Crippen LogP contribution >= 0.6 is 11.8 Å². The smallest absolute Gasteiger partial charge is 0.287 e. The molecule has 2 heterocycles. The molecule has 1 aliphatic rings. The fourth-order valence-corrected chi connectivity index (χ4v) is 2.19. The van der Waals surface area contributed by atoms with Crippen LogP contribution in [0.25, 0.3) is 17.1 Å². The van der Waals surface area contributed by atoms with E-state index in [1.54, 1.807) is 6.08 Å². The van der Waals surface area contributed by atoms with Crippen molar-refractivity contribution < 1.29 is 0 Å². The first-order valence-corrected chi connectivity index (χ1v) is 5.39. The van der Waals surface area contributed by atoms with Gasteiger partial charge in [-0.1, -0.05) is 6.08 Å². The molecule has 0 fully saturated rings. The van der Waals surface area contributed by atoms with Crippen LogP contribution in [-0.4, -0.2) is 19.5 Å². The summed E-state index contributed by atoms with van der Waals surface area (Å²) in [4.78, 5) is 24.1. The number of aromatic nitrogens is 4. The standard InChI is InChI=1S/C10H7ClN4O2/c11-15-6-4-2-1-3-5(6)9(16)7-8(10(15)17)13-14-12-7/h2,4H,1,3H2,(H,12,13,14). The summed E-state index contributed by atoms with van der Waals surface area (Å²) < 4.78 is 0.928. The zero-order chi connectivity index (χ0) is 12.0. The van der Waals surface area contributed by atoms with Crippen molar-refractivity contribution in [2.75, 3.05) is 0 Å². The van der Waals surface area contributed by atoms with Gasteiger partial charge in [-0.15, -0.1) is 5.10 Å². The fourth-order valence-electron chi connectivity index (χ4n) is 1.95. The molecule has 2 aromatic heterocycles. The molecule has 3 rings (SSSR count). The third-order valence-electron chi connectivity index (χ3n) is 2.78. The van der Waals surface area contributed by atoms with Gasteiger partial charge in [-0.05, 0) is 18.9 Å². The predicted octanol–water partition coefficient (Wildman–Crippen LogP) is 0.441. The second-order valence-corrected chi connectivity index (χ2v) is 4.08. The highest BCUT2D eigenvalue weighted by atomic mass is 35.5. The third-order valence-corrected chi connectivity index (χ3v) is 3.11. The van der Waals surface area contributed by atoms with Crippen molar-refractivity contribution in [2.45, 2.75) is 12.8 Å². The average molecular weight is 251 g/mol. The van der Waals surface area contributed by atoms with Crippen molar-refractivity contribution in [2.24, 2.45) is 0 Å². The number of fused-ring (bicyclic) bond motifs is 2. The van der Waals surface area contributed by atoms with Crippen LogP contribution in [0.3, 0.4) is 0 Å². The molecule has 7 heteroatoms. The zero-order valence-electron chi connectivity index (χ0n) is 8.61. The van der Waals surface area contributed by atoms with E-state index in [1.165, 1.54) is 0 Å². The summed E-state index contributed by atoms with van der Waals surface area (Å²) in [6.45, 7) is 0. The minimum absolute atomic E-state index is 0.0344. The summed E-state index contributed by atoms with van der Waals surface area (Å²) in [6, 6.07) is 0. The van der Waals surface area contributed by atoms with Crippen molar-refractivity contribution >= 4 is 28.9 Å². The first-order chi connectivity index (χ1) is 8.20. The molecule has 0 aliphatic heterocycles. The summed E-state index contributed by atoms with van der Waals surface area (Å²) in [7, 11) is 0. The molecule has 86 valence electrons. The van der Waals surface area contributed by atoms with E-state index in [2.05, 4.69) is 15.4 Å². The molecular weight excluding hydrogens is 244 g/mol. The number of nitrogens with one attached hydrogen (secondary N) is 1. The Bertz CT molecular complexity index is 759. The fraction of sp³-hybridized carbons (Fsp3) is 0.200. The Hall–Kier alpha value is -1.95. The molecular formula is C10H7ClN4O2. The number of nitrogens with zero attached hydrogens (tertiary/aromatic N) is 3. The Morgan fingerprint density at radius 2 is 2.06 bits per heavy atom. The zero-order valence-corrected chi connectivity index (χ0v) is 9.36. The van der Waals surface area contributed by atoms with Gasteiger partial charge in [0, 0.05) is 17.3 Å². The summed E-state index contributed by atoms with van der Waals surface area (Å²) >= 11 is 5.94. The Balaban J connectivity index is 2.68. The van der Waals surface area contributed by atoms with Gasteiger partial charge in [-0.25, -0.2) is 4.09 Å². The Kier molecular flexibility index (Phi) is 2.12. The van der Waals surface area contributed by atoms with Crippen LogP contribution in [0.5, 0.6) is 0 Å². The van der Waals surface area contributed by atoms with E-state index in [1.807, 2.05) is 6.08 Å². The Morgan fingerprint density at radius 3 is 2.88 bits per heavy atom. The predicted molar refractivity (Wildman–Crippen MR) is 63.0 cm³/mol. The molecule has 0 spiro atoms. The molecule has 2 aromatic rings. The number of rotatable bonds is 0. The lowest BCUT2D eigenvalue weighted by Gasteiger charge is -2.06. The van der Waals surface area contributed by atoms with Crippen LogP contribution in [0.1, 0.15) is 17.7 Å². The van der Waals surface area contributed by atoms with Gasteiger partial charge in [0.25, 0.3) is 5.56 Å². The van der Waals surface area contributed by atoms with Crippen molar-refractivity contribution in [3.05, 3.63) is 37.9 Å². The summed E-state index contributed by atoms with van der Waals surface area (Å²) in [5.41, 5.74) is 0.106. The maximum absolute atomic E-state index is 12.2. The third kappa shape index (κ3) is 1.34. The van der Waals surface area contributed by atoms with Gasteiger partial charge < -0.3 is 0 Å². The van der Waals surface area contributed by atoms with Crippen LogP contribution < -0.4 is 11.0 Å². The summed E-state index contributed by atoms with van der Waals surface area (Å²) in [5.74, 6) is 0. The van der Waals surface area contributed by atoms with E-state index in [-0.39, 0.29) is 16.5 Å². The van der Waals surface area contributed by atoms with Crippen LogP contribution in [0.4, 0.5) is 0 Å². The van der Waals surface area contributed by atoms with Crippen molar-refractivity contribution in [1.29, 1.82) is 0 Å². The van der Waals surface area contributed by atoms with Gasteiger partial charge in [0.05, 0.1) is 5.69 Å². The number of aromatic amines is 1. The molecule has 6 nitrogen and oxygen atoms in total. The van der Waals surface area contributed by atoms with Gasteiger partial charge in [0.1, 0.15) is 0 Å². The number of hydrogen-bond acceptors (Lipinski definition) is 4. The summed E-state index contributed by atoms with van der Waals surface area (Å²) in [6.07, 6.45) is 4.85. The van der Waals surface area contributed by atoms with Gasteiger partial charge in [-0.3, -0.25) is 9.59 Å². The molecule has 1 aliphatic carbocycles. The van der Waals surface area contributed by atoms with E-state index in [0.29, 0.717) is 17.7 Å². The molecule has 17 heavy (non-hydrogen) atoms. The SMILES string of the molecule is O=c1c2c(n(Cl)c(=O)c3n[nH]nc13)C=CCC2. The largest absolute Gasteiger partial charge is 0.295 e. The van der Waals surface area contributed by atoms with Crippen molar-refractivity contribution in [1.82, 2.24) is 19.5 Å². The van der Waals surface area contributed by atoms with Crippen LogP contribution in [0.15, 0.2) is 15.7 Å². The van der Waals surface area contributed by atoms with Gasteiger partial charge >= 0.3 is 0 Å². The highest BCUT2D eigenvalue weighted by Gasteiger charge is 2.18. The second-order valence-electron chi connectivity index (χ2n) is 3.74. The molecule has 0 aromatic carbocycles. The maximum Gasteiger partial charge on any atom is 0.295 e. The first-order valence-electron chi connectivity index (χ1n) is 5.05. The Labute approximate surface area is 99.6 Å². The molecule has 0 amide bonds. The lowest BCUT2D eigenvalue weighted by atomic mass is 10.0. The maximum atomic E-state index is 12.2. The first kappa shape index (κ1) is 10.2. The van der Waals surface area contributed by atoms with E-state index in [9.17, 15) is 9.59 Å². The normalized spacial score (nSPS) is 13.9. The van der Waals surface area contributed by atoms with E-state index in [0.717, 1.165) is 10.5 Å². The van der Waals surface area contributed by atoms with E-state index in [4.69, 9.17) is 11.8 Å². The van der Waals surface area contributed by atoms with Gasteiger partial charge in [0.2, 0.25) is 5.43 Å². The molecule has 0 radical (unpaired) electrons. The minimum atomic E-state index is -0.541. The van der Waals surface area contributed by atoms with Crippen LogP contribution in [0.2, 0.25) is 0 Å². The van der Waals surface area contributed by atoms with Gasteiger partial charge in [0.15, 0.2) is 11.0 Å². The molecule has 0 saturated heterocycles. The van der Waals surface area contributed by atoms with Crippen molar-refractivity contribution in [3.8, 4) is 0 Å². The molecule has 0 saturated carbocycles. The van der Waals surface area contributed by atoms with Crippen molar-refractivity contribution in [3.63, 3.8) is 0 Å². The molecule has 0 atom stereocenters. The van der Waals surface area contributed by atoms with Gasteiger partial charge in [-0.2, -0.15) is 10.3 Å². The molecule has 0 unspecified atom stereocenters. The lowest BCUT2D eigenvalue weighted by molar-refractivity contribution is 0.927. The quantitative estimate of drug-likeness (QED) is 0.736. The average Bonchev–Trinajstić information content (AvgIpc) is 2.82. The number of allylic oxidation sites excluding steroid dienone is 1. The number of hydrogen-bond donors (Lipinski definition) is 1. The second kappa shape index (κ2) is 3.53. The monoisotopic (exact) mass is 250 g/mol. The summed E-state index contributed by atoms with van der Waals surface area (Å²) in [5, 5.41) is 9.67. The lowest BCUT2D eigenvalue weighted by Crippen LogP contribution is -2.15. The van der Waals surface area contributed by atoms with E-state index >= 15 is 0 Å². The Morgan fingerprint density at radius 1 is 1.29 bits per heavy atom. The molecule has 0 bridgehead atoms. The van der Waals surface area contributed by atoms with Crippen LogP contribution in [-0.2, 0) is 6.42 Å². The van der Waals surface area contributed by atoms with Crippen LogP contribution in [0, 0.1) is 0 Å². The number of H-pyrrole nitrogens is 1. The van der Waals surface area contributed by atoms with E-state index < -0.39 is 5.56 Å². The highest BCUT2D eigenvalue weighted by Crippen LogP contribution is 2.16. The topological polar surface area (TPSA) is 80.6 Å².